The zero-order valence-electron chi connectivity index (χ0n) is 16.2. The van der Waals surface area contributed by atoms with Crippen molar-refractivity contribution in [3.8, 4) is 0 Å². The smallest absolute Gasteiger partial charge is 0.409 e. The van der Waals surface area contributed by atoms with Crippen LogP contribution in [0.25, 0.3) is 0 Å². The summed E-state index contributed by atoms with van der Waals surface area (Å²) in [6.07, 6.45) is 0.530. The maximum Gasteiger partial charge on any atom is 0.409 e. The number of nitrogens with one attached hydrogen (secondary N) is 1. The van der Waals surface area contributed by atoms with Gasteiger partial charge in [-0.05, 0) is 48.1 Å². The van der Waals surface area contributed by atoms with E-state index in [9.17, 15) is 9.59 Å². The van der Waals surface area contributed by atoms with E-state index in [1.54, 1.807) is 17.0 Å². The minimum atomic E-state index is -1.20. The quantitative estimate of drug-likeness (QED) is 0.545. The molecule has 2 amide bonds. The molecule has 1 aromatic carbocycles. The lowest BCUT2D eigenvalue weighted by Gasteiger charge is -2.32. The SMILES string of the molecule is C[Si](C)(C)CCOCN1C(=O)C2(CCSCC2)c2ccc(NC(=O)O)cc21. The molecular formula is C19H28N2O4SSi. The fraction of sp³-hybridized carbons (Fsp3) is 0.579. The normalized spacial score (nSPS) is 18.6. The molecular weight excluding hydrogens is 380 g/mol. The average Bonchev–Trinajstić information content (AvgIpc) is 2.80. The number of fused-ring (bicyclic) bond motifs is 2. The number of amides is 2. The van der Waals surface area contributed by atoms with Gasteiger partial charge in [-0.2, -0.15) is 11.8 Å². The fourth-order valence-electron chi connectivity index (χ4n) is 3.71. The van der Waals surface area contributed by atoms with Crippen LogP contribution < -0.4 is 10.2 Å². The summed E-state index contributed by atoms with van der Waals surface area (Å²) in [5, 5.41) is 11.4. The molecule has 0 aliphatic carbocycles. The van der Waals surface area contributed by atoms with Gasteiger partial charge in [0.2, 0.25) is 5.91 Å². The lowest BCUT2D eigenvalue weighted by atomic mass is 9.76. The van der Waals surface area contributed by atoms with Gasteiger partial charge in [-0.25, -0.2) is 4.79 Å². The molecule has 0 radical (unpaired) electrons. The Kier molecular flexibility index (Phi) is 5.88. The first-order valence-corrected chi connectivity index (χ1v) is 14.2. The molecule has 1 fully saturated rings. The number of nitrogens with zero attached hydrogens (tertiary/aromatic N) is 1. The predicted molar refractivity (Wildman–Crippen MR) is 113 cm³/mol. The van der Waals surface area contributed by atoms with E-state index in [0.717, 1.165) is 41.6 Å². The number of ether oxygens (including phenoxy) is 1. The van der Waals surface area contributed by atoms with E-state index >= 15 is 0 Å². The third kappa shape index (κ3) is 4.33. The van der Waals surface area contributed by atoms with Crippen molar-refractivity contribution in [2.75, 3.05) is 35.1 Å². The van der Waals surface area contributed by atoms with Gasteiger partial charge in [-0.3, -0.25) is 15.0 Å². The van der Waals surface area contributed by atoms with Gasteiger partial charge >= 0.3 is 6.09 Å². The number of carboxylic acid groups (broad SMARTS) is 1. The topological polar surface area (TPSA) is 78.9 Å². The number of anilines is 2. The zero-order valence-corrected chi connectivity index (χ0v) is 18.0. The molecule has 8 heteroatoms. The van der Waals surface area contributed by atoms with Gasteiger partial charge in [0, 0.05) is 20.4 Å². The highest BCUT2D eigenvalue weighted by Gasteiger charge is 2.51. The second kappa shape index (κ2) is 7.85. The molecule has 2 aliphatic rings. The lowest BCUT2D eigenvalue weighted by molar-refractivity contribution is -0.124. The van der Waals surface area contributed by atoms with Crippen molar-refractivity contribution in [2.24, 2.45) is 0 Å². The summed E-state index contributed by atoms with van der Waals surface area (Å²) >= 11 is 1.88. The fourth-order valence-corrected chi connectivity index (χ4v) is 5.66. The molecule has 148 valence electrons. The van der Waals surface area contributed by atoms with E-state index in [1.807, 2.05) is 17.8 Å². The van der Waals surface area contributed by atoms with Crippen molar-refractivity contribution in [3.63, 3.8) is 0 Å². The molecule has 3 rings (SSSR count). The summed E-state index contributed by atoms with van der Waals surface area (Å²) in [7, 11) is -1.20. The second-order valence-electron chi connectivity index (χ2n) is 8.44. The number of benzene rings is 1. The van der Waals surface area contributed by atoms with Crippen LogP contribution in [0.5, 0.6) is 0 Å². The lowest BCUT2D eigenvalue weighted by Crippen LogP contribution is -2.43. The van der Waals surface area contributed by atoms with Gasteiger partial charge in [0.1, 0.15) is 6.73 Å². The van der Waals surface area contributed by atoms with Crippen LogP contribution in [0.1, 0.15) is 18.4 Å². The Labute approximate surface area is 165 Å². The number of hydrogen-bond acceptors (Lipinski definition) is 4. The number of carbonyl (C=O) groups excluding carboxylic acids is 1. The van der Waals surface area contributed by atoms with E-state index in [0.29, 0.717) is 12.3 Å². The van der Waals surface area contributed by atoms with Gasteiger partial charge in [0.25, 0.3) is 0 Å². The molecule has 0 aromatic heterocycles. The maximum atomic E-state index is 13.4. The number of rotatable bonds is 6. The molecule has 2 heterocycles. The summed E-state index contributed by atoms with van der Waals surface area (Å²) in [5.74, 6) is 2.02. The molecule has 1 aromatic rings. The minimum Gasteiger partial charge on any atom is -0.465 e. The summed E-state index contributed by atoms with van der Waals surface area (Å²) in [6.45, 7) is 7.76. The van der Waals surface area contributed by atoms with E-state index in [-0.39, 0.29) is 12.6 Å². The van der Waals surface area contributed by atoms with Crippen LogP contribution in [0.2, 0.25) is 25.7 Å². The van der Waals surface area contributed by atoms with Crippen LogP contribution in [0.4, 0.5) is 16.2 Å². The Bertz CT molecular complexity index is 729. The number of thioether (sulfide) groups is 1. The molecule has 0 unspecified atom stereocenters. The summed E-state index contributed by atoms with van der Waals surface area (Å²) in [5.41, 5.74) is 1.79. The first-order valence-electron chi connectivity index (χ1n) is 9.35. The van der Waals surface area contributed by atoms with Crippen molar-refractivity contribution in [3.05, 3.63) is 23.8 Å². The second-order valence-corrected chi connectivity index (χ2v) is 15.3. The Morgan fingerprint density at radius 2 is 2.04 bits per heavy atom. The number of hydrogen-bond donors (Lipinski definition) is 2. The predicted octanol–water partition coefficient (Wildman–Crippen LogP) is 4.20. The maximum absolute atomic E-state index is 13.4. The largest absolute Gasteiger partial charge is 0.465 e. The highest BCUT2D eigenvalue weighted by Crippen LogP contribution is 2.50. The van der Waals surface area contributed by atoms with Gasteiger partial charge < -0.3 is 9.84 Å². The monoisotopic (exact) mass is 408 g/mol. The average molecular weight is 409 g/mol. The molecule has 0 atom stereocenters. The Balaban J connectivity index is 1.85. The Hall–Kier alpha value is -1.51. The van der Waals surface area contributed by atoms with Crippen LogP contribution in [-0.4, -0.2) is 50.0 Å². The highest BCUT2D eigenvalue weighted by molar-refractivity contribution is 7.99. The highest BCUT2D eigenvalue weighted by atomic mass is 32.2. The Morgan fingerprint density at radius 1 is 1.33 bits per heavy atom. The van der Waals surface area contributed by atoms with E-state index in [2.05, 4.69) is 25.0 Å². The van der Waals surface area contributed by atoms with Crippen molar-refractivity contribution in [1.29, 1.82) is 0 Å². The summed E-state index contributed by atoms with van der Waals surface area (Å²) in [4.78, 5) is 26.1. The first-order chi connectivity index (χ1) is 12.7. The first kappa shape index (κ1) is 20.2. The van der Waals surface area contributed by atoms with Crippen molar-refractivity contribution >= 4 is 43.2 Å². The summed E-state index contributed by atoms with van der Waals surface area (Å²) < 4.78 is 5.87. The van der Waals surface area contributed by atoms with Crippen LogP contribution >= 0.6 is 11.8 Å². The van der Waals surface area contributed by atoms with Gasteiger partial charge in [0.15, 0.2) is 0 Å². The van der Waals surface area contributed by atoms with Gasteiger partial charge in [0.05, 0.1) is 11.1 Å². The van der Waals surface area contributed by atoms with E-state index < -0.39 is 19.6 Å². The van der Waals surface area contributed by atoms with E-state index in [4.69, 9.17) is 9.84 Å². The van der Waals surface area contributed by atoms with Crippen LogP contribution in [-0.2, 0) is 14.9 Å². The molecule has 1 saturated heterocycles. The molecule has 2 aliphatic heterocycles. The van der Waals surface area contributed by atoms with Crippen molar-refractivity contribution < 1.29 is 19.4 Å². The Morgan fingerprint density at radius 3 is 2.67 bits per heavy atom. The van der Waals surface area contributed by atoms with Gasteiger partial charge in [-0.15, -0.1) is 0 Å². The van der Waals surface area contributed by atoms with Crippen molar-refractivity contribution in [1.82, 2.24) is 0 Å². The zero-order chi connectivity index (χ0) is 19.7. The third-order valence-electron chi connectivity index (χ3n) is 5.27. The standard InChI is InChI=1S/C19H28N2O4SSi/c1-27(2,3)11-8-25-13-21-16-12-14(20-18(23)24)4-5-15(16)19(17(21)22)6-9-26-10-7-19/h4-5,12,20H,6-11,13H2,1-3H3,(H,23,24). The molecule has 2 N–H and O–H groups in total. The number of carbonyl (C=O) groups is 2. The molecule has 0 bridgehead atoms. The molecule has 27 heavy (non-hydrogen) atoms. The van der Waals surface area contributed by atoms with Gasteiger partial charge in [-0.1, -0.05) is 25.7 Å². The van der Waals surface area contributed by atoms with Crippen LogP contribution in [0.15, 0.2) is 18.2 Å². The molecule has 0 saturated carbocycles. The summed E-state index contributed by atoms with van der Waals surface area (Å²) in [6, 6.07) is 6.47. The van der Waals surface area contributed by atoms with Crippen LogP contribution in [0, 0.1) is 0 Å². The molecule has 1 spiro atoms. The minimum absolute atomic E-state index is 0.0956. The van der Waals surface area contributed by atoms with Crippen molar-refractivity contribution in [2.45, 2.75) is 43.9 Å². The van der Waals surface area contributed by atoms with E-state index in [1.165, 1.54) is 0 Å². The molecule has 6 nitrogen and oxygen atoms in total. The third-order valence-corrected chi connectivity index (χ3v) is 7.96. The van der Waals surface area contributed by atoms with Crippen LogP contribution in [0.3, 0.4) is 0 Å².